The number of rotatable bonds is 4. The zero-order valence-corrected chi connectivity index (χ0v) is 14.1. The molecule has 1 aliphatic rings. The summed E-state index contributed by atoms with van der Waals surface area (Å²) in [5, 5.41) is 1.04. The van der Waals surface area contributed by atoms with Crippen LogP contribution in [0.25, 0.3) is 10.9 Å². The summed E-state index contributed by atoms with van der Waals surface area (Å²) in [5.74, 6) is 0. The third kappa shape index (κ3) is 2.83. The molecule has 6 heteroatoms. The number of hydrogen-bond donors (Lipinski definition) is 2. The van der Waals surface area contributed by atoms with E-state index < -0.39 is 10.0 Å². The number of hydrogen-bond acceptors (Lipinski definition) is 3. The molecule has 0 saturated heterocycles. The number of aromatic amines is 1. The van der Waals surface area contributed by atoms with Crippen molar-refractivity contribution in [3.63, 3.8) is 0 Å². The van der Waals surface area contributed by atoms with Crippen LogP contribution in [0.5, 0.6) is 0 Å². The summed E-state index contributed by atoms with van der Waals surface area (Å²) < 4.78 is 27.8. The predicted molar refractivity (Wildman–Crippen MR) is 93.2 cm³/mol. The molecular weight excluding hydrogens is 322 g/mol. The molecule has 0 unspecified atom stereocenters. The van der Waals surface area contributed by atoms with Crippen molar-refractivity contribution in [2.24, 2.45) is 0 Å². The molecule has 5 nitrogen and oxygen atoms in total. The Morgan fingerprint density at radius 1 is 1.17 bits per heavy atom. The molecule has 1 aliphatic carbocycles. The van der Waals surface area contributed by atoms with E-state index in [9.17, 15) is 8.42 Å². The van der Waals surface area contributed by atoms with Crippen LogP contribution in [-0.2, 0) is 29.4 Å². The molecule has 0 bridgehead atoms. The Morgan fingerprint density at radius 2 is 2.04 bits per heavy atom. The molecule has 0 aliphatic heterocycles. The van der Waals surface area contributed by atoms with Crippen LogP contribution in [-0.4, -0.2) is 18.4 Å². The Morgan fingerprint density at radius 3 is 2.88 bits per heavy atom. The molecule has 2 heterocycles. The van der Waals surface area contributed by atoms with Crippen LogP contribution in [0.2, 0.25) is 0 Å². The van der Waals surface area contributed by atoms with Gasteiger partial charge < -0.3 is 4.98 Å². The standard InChI is InChI=1S/C18H19N3O2S/c22-24(23,20-12-13-4-3-9-19-11-13)14-7-8-18-16(10-14)15-5-1-2-6-17(15)21-18/h3-4,7-11,20-21H,1-2,5-6,12H2. The van der Waals surface area contributed by atoms with Gasteiger partial charge in [0.15, 0.2) is 0 Å². The van der Waals surface area contributed by atoms with Gasteiger partial charge in [-0.05, 0) is 61.1 Å². The number of fused-ring (bicyclic) bond motifs is 3. The van der Waals surface area contributed by atoms with Crippen molar-refractivity contribution in [1.29, 1.82) is 0 Å². The lowest BCUT2D eigenvalue weighted by Crippen LogP contribution is -2.23. The van der Waals surface area contributed by atoms with Crippen molar-refractivity contribution in [3.8, 4) is 0 Å². The van der Waals surface area contributed by atoms with E-state index in [1.54, 1.807) is 30.6 Å². The Bertz CT molecular complexity index is 978. The highest BCUT2D eigenvalue weighted by molar-refractivity contribution is 7.89. The summed E-state index contributed by atoms with van der Waals surface area (Å²) in [6.45, 7) is 0.236. The van der Waals surface area contributed by atoms with Gasteiger partial charge >= 0.3 is 0 Å². The normalized spacial score (nSPS) is 14.7. The van der Waals surface area contributed by atoms with E-state index in [0.717, 1.165) is 35.7 Å². The number of pyridine rings is 1. The molecule has 0 spiro atoms. The maximum atomic E-state index is 12.6. The van der Waals surface area contributed by atoms with Crippen molar-refractivity contribution >= 4 is 20.9 Å². The number of H-pyrrole nitrogens is 1. The van der Waals surface area contributed by atoms with Crippen molar-refractivity contribution in [2.45, 2.75) is 37.1 Å². The van der Waals surface area contributed by atoms with Gasteiger partial charge in [0.05, 0.1) is 4.90 Å². The van der Waals surface area contributed by atoms with Gasteiger partial charge in [-0.1, -0.05) is 6.07 Å². The Hall–Kier alpha value is -2.18. The Balaban J connectivity index is 1.65. The predicted octanol–water partition coefficient (Wildman–Crippen LogP) is 2.92. The summed E-state index contributed by atoms with van der Waals surface area (Å²) in [7, 11) is -3.55. The largest absolute Gasteiger partial charge is 0.358 e. The fourth-order valence-corrected chi connectivity index (χ4v) is 4.36. The zero-order chi connectivity index (χ0) is 16.6. The van der Waals surface area contributed by atoms with E-state index in [-0.39, 0.29) is 6.54 Å². The number of nitrogens with one attached hydrogen (secondary N) is 2. The number of aryl methyl sites for hydroxylation is 2. The minimum absolute atomic E-state index is 0.236. The second kappa shape index (κ2) is 6.03. The average Bonchev–Trinajstić information content (AvgIpc) is 2.99. The van der Waals surface area contributed by atoms with E-state index in [1.807, 2.05) is 12.1 Å². The molecule has 0 atom stereocenters. The minimum atomic E-state index is -3.55. The molecule has 3 aromatic rings. The molecule has 24 heavy (non-hydrogen) atoms. The van der Waals surface area contributed by atoms with Crippen LogP contribution >= 0.6 is 0 Å². The molecular formula is C18H19N3O2S. The number of sulfonamides is 1. The van der Waals surface area contributed by atoms with E-state index in [2.05, 4.69) is 14.7 Å². The first-order valence-corrected chi connectivity index (χ1v) is 9.64. The first-order chi connectivity index (χ1) is 11.6. The fourth-order valence-electron chi connectivity index (χ4n) is 3.32. The van der Waals surface area contributed by atoms with Crippen LogP contribution in [0.4, 0.5) is 0 Å². The molecule has 2 aromatic heterocycles. The van der Waals surface area contributed by atoms with Crippen molar-refractivity contribution in [2.75, 3.05) is 0 Å². The Kier molecular flexibility index (Phi) is 3.86. The summed E-state index contributed by atoms with van der Waals surface area (Å²) in [5.41, 5.74) is 4.39. The third-order valence-corrected chi connectivity index (χ3v) is 5.97. The van der Waals surface area contributed by atoms with Crippen molar-refractivity contribution in [1.82, 2.24) is 14.7 Å². The van der Waals surface area contributed by atoms with Gasteiger partial charge in [0.1, 0.15) is 0 Å². The molecule has 124 valence electrons. The molecule has 2 N–H and O–H groups in total. The third-order valence-electron chi connectivity index (χ3n) is 4.57. The molecule has 1 aromatic carbocycles. The summed E-state index contributed by atoms with van der Waals surface area (Å²) >= 11 is 0. The quantitative estimate of drug-likeness (QED) is 0.766. The SMILES string of the molecule is O=S(=O)(NCc1cccnc1)c1ccc2[nH]c3c(c2c1)CCCC3. The smallest absolute Gasteiger partial charge is 0.240 e. The van der Waals surface area contributed by atoms with E-state index in [1.165, 1.54) is 17.7 Å². The minimum Gasteiger partial charge on any atom is -0.358 e. The topological polar surface area (TPSA) is 74.8 Å². The van der Waals surface area contributed by atoms with E-state index in [4.69, 9.17) is 0 Å². The van der Waals surface area contributed by atoms with Crippen LogP contribution < -0.4 is 4.72 Å². The molecule has 0 fully saturated rings. The lowest BCUT2D eigenvalue weighted by Gasteiger charge is -2.11. The molecule has 4 rings (SSSR count). The summed E-state index contributed by atoms with van der Waals surface area (Å²) in [6, 6.07) is 8.97. The van der Waals surface area contributed by atoms with E-state index >= 15 is 0 Å². The van der Waals surface area contributed by atoms with Crippen LogP contribution in [0.15, 0.2) is 47.6 Å². The highest BCUT2D eigenvalue weighted by Crippen LogP contribution is 2.30. The number of nitrogens with zero attached hydrogens (tertiary/aromatic N) is 1. The van der Waals surface area contributed by atoms with Gasteiger partial charge in [0, 0.05) is 35.5 Å². The van der Waals surface area contributed by atoms with Crippen LogP contribution in [0.1, 0.15) is 29.7 Å². The maximum absolute atomic E-state index is 12.6. The van der Waals surface area contributed by atoms with Gasteiger partial charge in [-0.3, -0.25) is 4.98 Å². The Labute approximate surface area is 141 Å². The van der Waals surface area contributed by atoms with Crippen molar-refractivity contribution in [3.05, 3.63) is 59.5 Å². The first-order valence-electron chi connectivity index (χ1n) is 8.15. The lowest BCUT2D eigenvalue weighted by atomic mass is 9.96. The van der Waals surface area contributed by atoms with Crippen LogP contribution in [0.3, 0.4) is 0 Å². The monoisotopic (exact) mass is 341 g/mol. The fraction of sp³-hybridized carbons (Fsp3) is 0.278. The molecule has 0 amide bonds. The lowest BCUT2D eigenvalue weighted by molar-refractivity contribution is 0.581. The first kappa shape index (κ1) is 15.4. The number of benzene rings is 1. The summed E-state index contributed by atoms with van der Waals surface area (Å²) in [6.07, 6.45) is 7.75. The molecule has 0 radical (unpaired) electrons. The van der Waals surface area contributed by atoms with Gasteiger partial charge in [0.2, 0.25) is 10.0 Å². The highest BCUT2D eigenvalue weighted by Gasteiger charge is 2.19. The van der Waals surface area contributed by atoms with Gasteiger partial charge in [-0.15, -0.1) is 0 Å². The zero-order valence-electron chi connectivity index (χ0n) is 13.2. The average molecular weight is 341 g/mol. The van der Waals surface area contributed by atoms with Gasteiger partial charge in [-0.25, -0.2) is 13.1 Å². The second-order valence-electron chi connectivity index (χ2n) is 6.18. The summed E-state index contributed by atoms with van der Waals surface area (Å²) in [4.78, 5) is 7.74. The van der Waals surface area contributed by atoms with Crippen molar-refractivity contribution < 1.29 is 8.42 Å². The second-order valence-corrected chi connectivity index (χ2v) is 7.95. The highest BCUT2D eigenvalue weighted by atomic mass is 32.2. The van der Waals surface area contributed by atoms with Crippen LogP contribution in [0, 0.1) is 0 Å². The van der Waals surface area contributed by atoms with Gasteiger partial charge in [0.25, 0.3) is 0 Å². The molecule has 0 saturated carbocycles. The number of aromatic nitrogens is 2. The maximum Gasteiger partial charge on any atom is 0.240 e. The van der Waals surface area contributed by atoms with Gasteiger partial charge in [-0.2, -0.15) is 0 Å². The van der Waals surface area contributed by atoms with E-state index in [0.29, 0.717) is 4.90 Å².